The molecule has 1 N–H and O–H groups in total. The van der Waals surface area contributed by atoms with Crippen LogP contribution in [0.3, 0.4) is 0 Å². The van der Waals surface area contributed by atoms with Crippen LogP contribution in [0.2, 0.25) is 5.02 Å². The zero-order chi connectivity index (χ0) is 23.9. The van der Waals surface area contributed by atoms with Gasteiger partial charge in [-0.25, -0.2) is 8.42 Å². The first-order valence-electron chi connectivity index (χ1n) is 9.98. The lowest BCUT2D eigenvalue weighted by molar-refractivity contribution is -0.140. The molecule has 2 aromatic rings. The monoisotopic (exact) mass is 481 g/mol. The number of rotatable bonds is 10. The predicted molar refractivity (Wildman–Crippen MR) is 125 cm³/mol. The molecule has 0 radical (unpaired) electrons. The topological polar surface area (TPSA) is 96.0 Å². The van der Waals surface area contributed by atoms with Gasteiger partial charge in [-0.05, 0) is 30.2 Å². The number of halogens is 1. The number of sulfonamides is 1. The summed E-state index contributed by atoms with van der Waals surface area (Å²) in [6, 6.07) is 12.9. The fourth-order valence-electron chi connectivity index (χ4n) is 3.32. The maximum Gasteiger partial charge on any atom is 0.244 e. The number of hydrogen-bond donors (Lipinski definition) is 1. The molecule has 8 nitrogen and oxygen atoms in total. The Morgan fingerprint density at radius 1 is 1.16 bits per heavy atom. The average molecular weight is 482 g/mol. The van der Waals surface area contributed by atoms with Crippen molar-refractivity contribution in [2.24, 2.45) is 0 Å². The third kappa shape index (κ3) is 6.37. The number of amides is 2. The van der Waals surface area contributed by atoms with Crippen molar-refractivity contribution < 1.29 is 22.7 Å². The number of nitrogens with zero attached hydrogens (tertiary/aromatic N) is 2. The summed E-state index contributed by atoms with van der Waals surface area (Å²) < 4.78 is 31.5. The van der Waals surface area contributed by atoms with E-state index in [9.17, 15) is 18.0 Å². The maximum atomic E-state index is 13.4. The van der Waals surface area contributed by atoms with E-state index in [1.165, 1.54) is 31.2 Å². The standard InChI is InChI=1S/C22H28ClN3O5S/c1-5-18(22(28)24-2)25(14-16-9-7-6-8-10-16)21(27)15-26(32(4,29)30)19-13-17(23)11-12-20(19)31-3/h6-13,18H,5,14-15H2,1-4H3,(H,24,28)/t18-/m0/s1. The predicted octanol–water partition coefficient (Wildman–Crippen LogP) is 2.67. The van der Waals surface area contributed by atoms with E-state index in [0.717, 1.165) is 16.1 Å². The molecular formula is C22H28ClN3O5S. The molecule has 0 heterocycles. The highest BCUT2D eigenvalue weighted by atomic mass is 35.5. The fraction of sp³-hybridized carbons (Fsp3) is 0.364. The normalized spacial score (nSPS) is 12.0. The van der Waals surface area contributed by atoms with E-state index in [1.54, 1.807) is 13.0 Å². The van der Waals surface area contributed by atoms with Crippen LogP contribution < -0.4 is 14.4 Å². The quantitative estimate of drug-likeness (QED) is 0.562. The smallest absolute Gasteiger partial charge is 0.244 e. The van der Waals surface area contributed by atoms with Crippen LogP contribution in [0.4, 0.5) is 5.69 Å². The number of nitrogens with one attached hydrogen (secondary N) is 1. The molecule has 0 spiro atoms. The van der Waals surface area contributed by atoms with Gasteiger partial charge in [0.1, 0.15) is 18.3 Å². The van der Waals surface area contributed by atoms with E-state index in [4.69, 9.17) is 16.3 Å². The number of methoxy groups -OCH3 is 1. The number of ether oxygens (including phenoxy) is 1. The number of anilines is 1. The zero-order valence-corrected chi connectivity index (χ0v) is 20.1. The SMILES string of the molecule is CC[C@@H](C(=O)NC)N(Cc1ccccc1)C(=O)CN(c1cc(Cl)ccc1OC)S(C)(=O)=O. The second kappa shape index (κ2) is 11.2. The van der Waals surface area contributed by atoms with Crippen molar-refractivity contribution in [3.05, 3.63) is 59.1 Å². The highest BCUT2D eigenvalue weighted by Crippen LogP contribution is 2.33. The molecule has 174 valence electrons. The highest BCUT2D eigenvalue weighted by molar-refractivity contribution is 7.92. The molecule has 0 aliphatic heterocycles. The zero-order valence-electron chi connectivity index (χ0n) is 18.5. The minimum atomic E-state index is -3.88. The Morgan fingerprint density at radius 2 is 1.81 bits per heavy atom. The second-order valence-electron chi connectivity index (χ2n) is 7.13. The van der Waals surface area contributed by atoms with Gasteiger partial charge in [-0.1, -0.05) is 48.9 Å². The summed E-state index contributed by atoms with van der Waals surface area (Å²) in [5.41, 5.74) is 0.956. The molecule has 0 aromatic heterocycles. The molecule has 2 rings (SSSR count). The van der Waals surface area contributed by atoms with Gasteiger partial charge >= 0.3 is 0 Å². The molecule has 2 aromatic carbocycles. The largest absolute Gasteiger partial charge is 0.495 e. The lowest BCUT2D eigenvalue weighted by atomic mass is 10.1. The lowest BCUT2D eigenvalue weighted by Crippen LogP contribution is -2.51. The molecule has 32 heavy (non-hydrogen) atoms. The Kier molecular flexibility index (Phi) is 8.91. The van der Waals surface area contributed by atoms with E-state index in [2.05, 4.69) is 5.32 Å². The summed E-state index contributed by atoms with van der Waals surface area (Å²) >= 11 is 6.08. The van der Waals surface area contributed by atoms with Gasteiger partial charge in [-0.2, -0.15) is 0 Å². The van der Waals surface area contributed by atoms with Crippen LogP contribution in [0.1, 0.15) is 18.9 Å². The van der Waals surface area contributed by atoms with Crippen molar-refractivity contribution in [1.29, 1.82) is 0 Å². The molecule has 1 atom stereocenters. The minimum absolute atomic E-state index is 0.142. The van der Waals surface area contributed by atoms with Crippen LogP contribution in [0.15, 0.2) is 48.5 Å². The van der Waals surface area contributed by atoms with Gasteiger partial charge in [-0.15, -0.1) is 0 Å². The Bertz CT molecular complexity index is 1050. The van der Waals surface area contributed by atoms with Crippen molar-refractivity contribution in [1.82, 2.24) is 10.2 Å². The van der Waals surface area contributed by atoms with Gasteiger partial charge in [0.25, 0.3) is 0 Å². The summed E-state index contributed by atoms with van der Waals surface area (Å²) in [6.45, 7) is 1.42. The van der Waals surface area contributed by atoms with Gasteiger partial charge in [0.2, 0.25) is 21.8 Å². The molecule has 0 saturated heterocycles. The van der Waals surface area contributed by atoms with E-state index in [1.807, 2.05) is 30.3 Å². The van der Waals surface area contributed by atoms with Crippen molar-refractivity contribution in [3.8, 4) is 5.75 Å². The van der Waals surface area contributed by atoms with Gasteiger partial charge in [0.15, 0.2) is 0 Å². The van der Waals surface area contributed by atoms with E-state index in [-0.39, 0.29) is 23.9 Å². The third-order valence-corrected chi connectivity index (χ3v) is 6.28. The fourth-order valence-corrected chi connectivity index (χ4v) is 4.33. The van der Waals surface area contributed by atoms with Crippen LogP contribution >= 0.6 is 11.6 Å². The average Bonchev–Trinajstić information content (AvgIpc) is 2.76. The summed E-state index contributed by atoms with van der Waals surface area (Å²) in [4.78, 5) is 27.3. The highest BCUT2D eigenvalue weighted by Gasteiger charge is 2.32. The van der Waals surface area contributed by atoms with Crippen molar-refractivity contribution in [2.75, 3.05) is 31.3 Å². The van der Waals surface area contributed by atoms with Crippen LogP contribution in [-0.4, -0.2) is 58.1 Å². The van der Waals surface area contributed by atoms with Gasteiger partial charge in [-0.3, -0.25) is 13.9 Å². The molecule has 2 amide bonds. The molecule has 0 bridgehead atoms. The first-order valence-corrected chi connectivity index (χ1v) is 12.2. The molecular weight excluding hydrogens is 454 g/mol. The van der Waals surface area contributed by atoms with Gasteiger partial charge in [0.05, 0.1) is 19.1 Å². The first kappa shape index (κ1) is 25.5. The Morgan fingerprint density at radius 3 is 2.34 bits per heavy atom. The second-order valence-corrected chi connectivity index (χ2v) is 9.47. The molecule has 0 saturated carbocycles. The molecule has 0 aliphatic rings. The van der Waals surface area contributed by atoms with Crippen molar-refractivity contribution in [2.45, 2.75) is 25.9 Å². The number of hydrogen-bond acceptors (Lipinski definition) is 5. The van der Waals surface area contributed by atoms with Crippen LogP contribution in [0.5, 0.6) is 5.75 Å². The van der Waals surface area contributed by atoms with E-state index >= 15 is 0 Å². The number of benzene rings is 2. The Balaban J connectivity index is 2.48. The molecule has 0 aliphatic carbocycles. The Hall–Kier alpha value is -2.78. The number of carbonyl (C=O) groups excluding carboxylic acids is 2. The van der Waals surface area contributed by atoms with Crippen molar-refractivity contribution >= 4 is 39.1 Å². The summed E-state index contributed by atoms with van der Waals surface area (Å²) in [6.07, 6.45) is 1.36. The van der Waals surface area contributed by atoms with E-state index < -0.39 is 28.5 Å². The van der Waals surface area contributed by atoms with Crippen LogP contribution in [0.25, 0.3) is 0 Å². The molecule has 0 unspecified atom stereocenters. The first-order chi connectivity index (χ1) is 15.1. The van der Waals surface area contributed by atoms with Crippen LogP contribution in [0, 0.1) is 0 Å². The number of likely N-dealkylation sites (N-methyl/N-ethyl adjacent to an activating group) is 1. The summed E-state index contributed by atoms with van der Waals surface area (Å²) in [5, 5.41) is 2.87. The maximum absolute atomic E-state index is 13.4. The summed E-state index contributed by atoms with van der Waals surface area (Å²) in [7, 11) is -0.986. The Labute approximate surface area is 194 Å². The molecule has 0 fully saturated rings. The number of carbonyl (C=O) groups is 2. The third-order valence-electron chi connectivity index (χ3n) is 4.92. The molecule has 10 heteroatoms. The van der Waals surface area contributed by atoms with Crippen LogP contribution in [-0.2, 0) is 26.2 Å². The van der Waals surface area contributed by atoms with Crippen molar-refractivity contribution in [3.63, 3.8) is 0 Å². The minimum Gasteiger partial charge on any atom is -0.495 e. The van der Waals surface area contributed by atoms with Gasteiger partial charge in [0, 0.05) is 18.6 Å². The lowest BCUT2D eigenvalue weighted by Gasteiger charge is -2.32. The van der Waals surface area contributed by atoms with E-state index in [0.29, 0.717) is 11.4 Å². The summed E-state index contributed by atoms with van der Waals surface area (Å²) in [5.74, 6) is -0.611. The van der Waals surface area contributed by atoms with Gasteiger partial charge < -0.3 is 15.0 Å².